The summed E-state index contributed by atoms with van der Waals surface area (Å²) in [4.78, 5) is 10.0. The molecule has 1 aliphatic heterocycles. The Morgan fingerprint density at radius 2 is 2.11 bits per heavy atom. The highest BCUT2D eigenvalue weighted by Crippen LogP contribution is 2.02. The number of ether oxygens (including phenoxy) is 2. The molecule has 0 aromatic rings. The van der Waals surface area contributed by atoms with E-state index in [0.717, 1.165) is 0 Å². The minimum Gasteiger partial charge on any atom is -0.430 e. The molecule has 5 heteroatoms. The van der Waals surface area contributed by atoms with Gasteiger partial charge in [0.05, 0.1) is 0 Å². The lowest BCUT2D eigenvalue weighted by atomic mass is 10.5. The van der Waals surface area contributed by atoms with Crippen LogP contribution in [0.25, 0.3) is 0 Å². The molecule has 9 heavy (non-hydrogen) atoms. The maximum absolute atomic E-state index is 10.0. The molecule has 1 saturated heterocycles. The summed E-state index contributed by atoms with van der Waals surface area (Å²) in [6.07, 6.45) is -0.597. The predicted octanol–water partition coefficient (Wildman–Crippen LogP) is -1.11. The van der Waals surface area contributed by atoms with Crippen molar-refractivity contribution < 1.29 is 25.2 Å². The molecule has 0 bridgehead atoms. The Morgan fingerprint density at radius 1 is 1.56 bits per heavy atom. The molecule has 0 aliphatic carbocycles. The number of carbonyl (C=O) groups excluding carboxylic acids is 1. The molecule has 0 amide bonds. The topological polar surface area (TPSA) is 98.5 Å². The summed E-state index contributed by atoms with van der Waals surface area (Å²) in [6.45, 7) is 2.18. The lowest BCUT2D eigenvalue weighted by Crippen LogP contribution is -2.01. The smallest absolute Gasteiger partial charge is 0.430 e. The highest BCUT2D eigenvalue weighted by atomic mass is 16.8. The van der Waals surface area contributed by atoms with Gasteiger partial charge in [-0.05, 0) is 6.92 Å². The second kappa shape index (κ2) is 4.11. The van der Waals surface area contributed by atoms with Gasteiger partial charge in [-0.15, -0.1) is 0 Å². The summed E-state index contributed by atoms with van der Waals surface area (Å²) < 4.78 is 8.90. The zero-order valence-corrected chi connectivity index (χ0v) is 5.01. The first-order valence-corrected chi connectivity index (χ1v) is 2.12. The second-order valence-electron chi connectivity index (χ2n) is 1.49. The third kappa shape index (κ3) is 2.89. The summed E-state index contributed by atoms with van der Waals surface area (Å²) in [7, 11) is 0. The Labute approximate surface area is 52.2 Å². The van der Waals surface area contributed by atoms with Gasteiger partial charge in [-0.25, -0.2) is 4.79 Å². The molecule has 0 radical (unpaired) electrons. The number of hydrogen-bond acceptors (Lipinski definition) is 3. The predicted molar refractivity (Wildman–Crippen MR) is 29.1 cm³/mol. The fraction of sp³-hybridized carbons (Fsp3) is 0.750. The van der Waals surface area contributed by atoms with Crippen molar-refractivity contribution in [3.05, 3.63) is 0 Å². The number of hydrogen-bond donors (Lipinski definition) is 0. The molecule has 1 heterocycles. The van der Waals surface area contributed by atoms with Crippen molar-refractivity contribution in [1.29, 1.82) is 0 Å². The average molecular weight is 138 g/mol. The normalized spacial score (nSPS) is 22.8. The van der Waals surface area contributed by atoms with Crippen LogP contribution < -0.4 is 0 Å². The van der Waals surface area contributed by atoms with Gasteiger partial charge in [0, 0.05) is 0 Å². The molecule has 5 nitrogen and oxygen atoms in total. The lowest BCUT2D eigenvalue weighted by molar-refractivity contribution is 0.121. The van der Waals surface area contributed by atoms with Crippen LogP contribution in [0.1, 0.15) is 6.92 Å². The number of rotatable bonds is 0. The molecule has 1 aliphatic rings. The minimum absolute atomic E-state index is 0. The van der Waals surface area contributed by atoms with Crippen LogP contribution in [0.3, 0.4) is 0 Å². The summed E-state index contributed by atoms with van der Waals surface area (Å²) in [5.74, 6) is 0. The first kappa shape index (κ1) is 11.0. The van der Waals surface area contributed by atoms with E-state index < -0.39 is 6.16 Å². The van der Waals surface area contributed by atoms with Gasteiger partial charge in [0.15, 0.2) is 0 Å². The first-order valence-electron chi connectivity index (χ1n) is 2.12. The molecule has 4 N–H and O–H groups in total. The van der Waals surface area contributed by atoms with Crippen molar-refractivity contribution in [3.63, 3.8) is 0 Å². The van der Waals surface area contributed by atoms with Gasteiger partial charge in [0.25, 0.3) is 0 Å². The Kier molecular flexibility index (Phi) is 5.04. The molecule has 0 spiro atoms. The van der Waals surface area contributed by atoms with E-state index in [9.17, 15) is 4.79 Å². The molecular formula is C4H10O5. The third-order valence-corrected chi connectivity index (χ3v) is 0.733. The first-order chi connectivity index (χ1) is 3.29. The zero-order chi connectivity index (χ0) is 5.28. The van der Waals surface area contributed by atoms with Gasteiger partial charge in [-0.2, -0.15) is 0 Å². The SMILES string of the molecule is CC1COC(=O)O1.O.O. The molecule has 1 unspecified atom stereocenters. The van der Waals surface area contributed by atoms with Crippen molar-refractivity contribution in [1.82, 2.24) is 0 Å². The minimum atomic E-state index is -0.549. The Balaban J connectivity index is 0. The van der Waals surface area contributed by atoms with Crippen LogP contribution in [0.15, 0.2) is 0 Å². The van der Waals surface area contributed by atoms with E-state index in [0.29, 0.717) is 6.61 Å². The van der Waals surface area contributed by atoms with E-state index in [1.54, 1.807) is 6.92 Å². The van der Waals surface area contributed by atoms with Crippen LogP contribution >= 0.6 is 0 Å². The van der Waals surface area contributed by atoms with E-state index >= 15 is 0 Å². The number of cyclic esters (lactones) is 2. The molecule has 56 valence electrons. The van der Waals surface area contributed by atoms with Gasteiger partial charge >= 0.3 is 6.16 Å². The maximum atomic E-state index is 10.0. The van der Waals surface area contributed by atoms with Gasteiger partial charge in [-0.1, -0.05) is 0 Å². The summed E-state index contributed by atoms with van der Waals surface area (Å²) in [5.41, 5.74) is 0. The van der Waals surface area contributed by atoms with E-state index in [-0.39, 0.29) is 17.1 Å². The van der Waals surface area contributed by atoms with Crippen LogP contribution in [0.2, 0.25) is 0 Å². The van der Waals surface area contributed by atoms with Gasteiger partial charge in [0.2, 0.25) is 0 Å². The van der Waals surface area contributed by atoms with E-state index in [4.69, 9.17) is 0 Å². The van der Waals surface area contributed by atoms with Crippen molar-refractivity contribution in [2.75, 3.05) is 6.61 Å². The summed E-state index contributed by atoms with van der Waals surface area (Å²) >= 11 is 0. The fourth-order valence-corrected chi connectivity index (χ4v) is 0.418. The van der Waals surface area contributed by atoms with E-state index in [1.807, 2.05) is 0 Å². The quantitative estimate of drug-likeness (QED) is 0.397. The van der Waals surface area contributed by atoms with Crippen molar-refractivity contribution in [2.45, 2.75) is 13.0 Å². The molecule has 1 atom stereocenters. The Hall–Kier alpha value is -0.810. The monoisotopic (exact) mass is 138 g/mol. The van der Waals surface area contributed by atoms with Gasteiger partial charge < -0.3 is 20.4 Å². The average Bonchev–Trinajstić information content (AvgIpc) is 1.87. The highest BCUT2D eigenvalue weighted by molar-refractivity contribution is 5.61. The van der Waals surface area contributed by atoms with Crippen molar-refractivity contribution >= 4 is 6.16 Å². The van der Waals surface area contributed by atoms with Crippen LogP contribution in [-0.2, 0) is 9.47 Å². The molecule has 0 aromatic carbocycles. The van der Waals surface area contributed by atoms with Crippen molar-refractivity contribution in [2.24, 2.45) is 0 Å². The lowest BCUT2D eigenvalue weighted by Gasteiger charge is -1.90. The molecular weight excluding hydrogens is 128 g/mol. The van der Waals surface area contributed by atoms with E-state index in [2.05, 4.69) is 9.47 Å². The number of carbonyl (C=O) groups is 1. The Morgan fingerprint density at radius 3 is 2.22 bits per heavy atom. The largest absolute Gasteiger partial charge is 0.508 e. The third-order valence-electron chi connectivity index (χ3n) is 0.733. The summed E-state index contributed by atoms with van der Waals surface area (Å²) in [5, 5.41) is 0. The zero-order valence-electron chi connectivity index (χ0n) is 5.01. The van der Waals surface area contributed by atoms with Gasteiger partial charge in [-0.3, -0.25) is 0 Å². The van der Waals surface area contributed by atoms with Crippen LogP contribution in [-0.4, -0.2) is 29.8 Å². The van der Waals surface area contributed by atoms with Crippen LogP contribution in [0.5, 0.6) is 0 Å². The molecule has 0 saturated carbocycles. The maximum Gasteiger partial charge on any atom is 0.508 e. The van der Waals surface area contributed by atoms with Crippen molar-refractivity contribution in [3.8, 4) is 0 Å². The molecule has 1 rings (SSSR count). The standard InChI is InChI=1S/C4H6O3.2H2O/c1-3-2-6-4(5)7-3;;/h3H,2H2,1H3;2*1H2. The fourth-order valence-electron chi connectivity index (χ4n) is 0.418. The van der Waals surface area contributed by atoms with Crippen LogP contribution in [0.4, 0.5) is 4.79 Å². The Bertz CT molecular complexity index is 91.0. The molecule has 1 fully saturated rings. The summed E-state index contributed by atoms with van der Waals surface area (Å²) in [6, 6.07) is 0. The van der Waals surface area contributed by atoms with Gasteiger partial charge in [0.1, 0.15) is 12.7 Å². The molecule has 0 aromatic heterocycles. The highest BCUT2D eigenvalue weighted by Gasteiger charge is 2.19. The van der Waals surface area contributed by atoms with Crippen LogP contribution in [0, 0.1) is 0 Å². The second-order valence-corrected chi connectivity index (χ2v) is 1.49. The van der Waals surface area contributed by atoms with E-state index in [1.165, 1.54) is 0 Å².